The van der Waals surface area contributed by atoms with Gasteiger partial charge in [-0.2, -0.15) is 10.2 Å². The van der Waals surface area contributed by atoms with E-state index in [1.54, 1.807) is 26.8 Å². The molecular weight excluding hydrogens is 465 g/mol. The summed E-state index contributed by atoms with van der Waals surface area (Å²) in [5.41, 5.74) is 2.32. The molecular formula is C22H24FN5O5S. The highest BCUT2D eigenvalue weighted by Crippen LogP contribution is 2.27. The van der Waals surface area contributed by atoms with E-state index >= 15 is 0 Å². The van der Waals surface area contributed by atoms with Gasteiger partial charge in [-0.3, -0.25) is 4.79 Å². The lowest BCUT2D eigenvalue weighted by atomic mass is 10.2. The first-order chi connectivity index (χ1) is 16.0. The van der Waals surface area contributed by atoms with E-state index in [-0.39, 0.29) is 28.9 Å². The van der Waals surface area contributed by atoms with Crippen LogP contribution in [0, 0.1) is 26.6 Å². The zero-order valence-electron chi connectivity index (χ0n) is 18.9. The Kier molecular flexibility index (Phi) is 6.26. The first-order valence-corrected chi connectivity index (χ1v) is 12.4. The molecule has 0 radical (unpaired) electrons. The quantitative estimate of drug-likeness (QED) is 0.527. The zero-order valence-corrected chi connectivity index (χ0v) is 19.7. The fraction of sp³-hybridized carbons (Fsp3) is 0.364. The van der Waals surface area contributed by atoms with E-state index in [9.17, 15) is 22.4 Å². The second-order valence-corrected chi connectivity index (χ2v) is 10.5. The Morgan fingerprint density at radius 3 is 2.53 bits per heavy atom. The van der Waals surface area contributed by atoms with E-state index in [4.69, 9.17) is 4.74 Å². The average Bonchev–Trinajstić information content (AvgIpc) is 3.41. The van der Waals surface area contributed by atoms with Gasteiger partial charge >= 0.3 is 5.97 Å². The molecule has 1 saturated heterocycles. The second-order valence-electron chi connectivity index (χ2n) is 8.23. The van der Waals surface area contributed by atoms with Crippen molar-refractivity contribution in [2.24, 2.45) is 0 Å². The lowest BCUT2D eigenvalue weighted by Crippen LogP contribution is -2.24. The molecule has 1 fully saturated rings. The molecule has 1 aliphatic heterocycles. The molecule has 1 N–H and O–H groups in total. The maximum absolute atomic E-state index is 13.2. The molecule has 1 aromatic carbocycles. The largest absolute Gasteiger partial charge is 0.452 e. The molecule has 1 atom stereocenters. The molecule has 0 bridgehead atoms. The number of hydrogen-bond donors (Lipinski definition) is 1. The molecule has 2 aromatic heterocycles. The molecule has 12 heteroatoms. The number of benzene rings is 1. The van der Waals surface area contributed by atoms with Crippen LogP contribution < -0.4 is 5.32 Å². The maximum Gasteiger partial charge on any atom is 0.342 e. The fourth-order valence-electron chi connectivity index (χ4n) is 4.01. The lowest BCUT2D eigenvalue weighted by molar-refractivity contribution is -0.119. The summed E-state index contributed by atoms with van der Waals surface area (Å²) in [7, 11) is -3.13. The number of aromatic nitrogens is 4. The monoisotopic (exact) mass is 489 g/mol. The van der Waals surface area contributed by atoms with Crippen molar-refractivity contribution in [3.8, 4) is 5.69 Å². The predicted molar refractivity (Wildman–Crippen MR) is 121 cm³/mol. The zero-order chi connectivity index (χ0) is 24.6. The van der Waals surface area contributed by atoms with Gasteiger partial charge in [0.25, 0.3) is 5.91 Å². The van der Waals surface area contributed by atoms with Gasteiger partial charge in [-0.05, 0) is 51.5 Å². The number of anilines is 1. The van der Waals surface area contributed by atoms with Crippen molar-refractivity contribution in [1.82, 2.24) is 19.6 Å². The third-order valence-electron chi connectivity index (χ3n) is 5.58. The second kappa shape index (κ2) is 9.01. The van der Waals surface area contributed by atoms with Crippen molar-refractivity contribution in [2.75, 3.05) is 23.4 Å². The van der Waals surface area contributed by atoms with Gasteiger partial charge in [0.2, 0.25) is 0 Å². The van der Waals surface area contributed by atoms with Gasteiger partial charge in [0.15, 0.2) is 16.4 Å². The third kappa shape index (κ3) is 4.86. The van der Waals surface area contributed by atoms with Crippen molar-refractivity contribution < 1.29 is 27.1 Å². The van der Waals surface area contributed by atoms with Gasteiger partial charge in [0.05, 0.1) is 40.3 Å². The minimum atomic E-state index is -3.13. The molecule has 3 aromatic rings. The summed E-state index contributed by atoms with van der Waals surface area (Å²) >= 11 is 0. The van der Waals surface area contributed by atoms with Crippen LogP contribution in [0.4, 0.5) is 10.2 Å². The van der Waals surface area contributed by atoms with Gasteiger partial charge in [-0.15, -0.1) is 0 Å². The number of nitrogens with zero attached hydrogens (tertiary/aromatic N) is 4. The van der Waals surface area contributed by atoms with Gasteiger partial charge in [0.1, 0.15) is 17.2 Å². The molecule has 34 heavy (non-hydrogen) atoms. The van der Waals surface area contributed by atoms with E-state index in [0.29, 0.717) is 35.0 Å². The Morgan fingerprint density at radius 2 is 1.88 bits per heavy atom. The predicted octanol–water partition coefficient (Wildman–Crippen LogP) is 2.29. The third-order valence-corrected chi connectivity index (χ3v) is 7.33. The Morgan fingerprint density at radius 1 is 1.18 bits per heavy atom. The van der Waals surface area contributed by atoms with Gasteiger partial charge < -0.3 is 10.1 Å². The fourth-order valence-corrected chi connectivity index (χ4v) is 5.70. The Bertz CT molecular complexity index is 1360. The number of ether oxygens (including phenoxy) is 1. The first kappa shape index (κ1) is 23.6. The summed E-state index contributed by atoms with van der Waals surface area (Å²) in [4.78, 5) is 25.2. The van der Waals surface area contributed by atoms with Gasteiger partial charge in [-0.1, -0.05) is 0 Å². The number of aryl methyl sites for hydroxylation is 2. The summed E-state index contributed by atoms with van der Waals surface area (Å²) in [6.07, 6.45) is 0.415. The van der Waals surface area contributed by atoms with Gasteiger partial charge in [0, 0.05) is 6.07 Å². The van der Waals surface area contributed by atoms with E-state index in [1.165, 1.54) is 33.6 Å². The van der Waals surface area contributed by atoms with Crippen molar-refractivity contribution >= 4 is 27.5 Å². The molecule has 1 amide bonds. The first-order valence-electron chi connectivity index (χ1n) is 10.6. The molecule has 0 saturated carbocycles. The summed E-state index contributed by atoms with van der Waals surface area (Å²) in [6, 6.07) is 6.93. The Labute approximate surface area is 195 Å². The van der Waals surface area contributed by atoms with Crippen LogP contribution >= 0.6 is 0 Å². The highest BCUT2D eigenvalue weighted by atomic mass is 32.2. The van der Waals surface area contributed by atoms with Crippen LogP contribution in [-0.2, 0) is 19.4 Å². The van der Waals surface area contributed by atoms with E-state index in [1.807, 2.05) is 0 Å². The molecule has 4 rings (SSSR count). The summed E-state index contributed by atoms with van der Waals surface area (Å²) in [6.45, 7) is 4.50. The summed E-state index contributed by atoms with van der Waals surface area (Å²) in [5.74, 6) is -1.31. The number of esters is 1. The highest BCUT2D eigenvalue weighted by molar-refractivity contribution is 7.91. The van der Waals surface area contributed by atoms with Crippen molar-refractivity contribution in [3.63, 3.8) is 0 Å². The number of rotatable bonds is 6. The Balaban J connectivity index is 1.43. The number of halogens is 1. The Hall–Kier alpha value is -3.54. The normalized spacial score (nSPS) is 17.0. The number of sulfone groups is 1. The van der Waals surface area contributed by atoms with E-state index in [2.05, 4.69) is 15.5 Å². The molecule has 180 valence electrons. The number of carbonyl (C=O) groups is 2. The summed E-state index contributed by atoms with van der Waals surface area (Å²) < 4.78 is 45.1. The van der Waals surface area contributed by atoms with Gasteiger partial charge in [-0.25, -0.2) is 27.0 Å². The van der Waals surface area contributed by atoms with E-state index < -0.39 is 28.3 Å². The van der Waals surface area contributed by atoms with Crippen molar-refractivity contribution in [3.05, 3.63) is 58.8 Å². The minimum absolute atomic E-state index is 0.0391. The molecule has 0 spiro atoms. The molecule has 3 heterocycles. The number of hydrogen-bond acceptors (Lipinski definition) is 7. The maximum atomic E-state index is 13.2. The minimum Gasteiger partial charge on any atom is -0.452 e. The summed E-state index contributed by atoms with van der Waals surface area (Å²) in [5, 5.41) is 11.3. The molecule has 10 nitrogen and oxygen atoms in total. The van der Waals surface area contributed by atoms with Crippen LogP contribution in [0.3, 0.4) is 0 Å². The van der Waals surface area contributed by atoms with Crippen LogP contribution in [0.15, 0.2) is 30.3 Å². The number of nitrogens with one attached hydrogen (secondary N) is 1. The van der Waals surface area contributed by atoms with Crippen LogP contribution in [0.1, 0.15) is 39.9 Å². The van der Waals surface area contributed by atoms with Crippen LogP contribution in [0.25, 0.3) is 5.69 Å². The topological polar surface area (TPSA) is 125 Å². The molecule has 0 aliphatic carbocycles. The number of carbonyl (C=O) groups excluding carboxylic acids is 2. The number of amides is 1. The SMILES string of the molecule is Cc1cc(NC(=O)COC(=O)c2c(C)nn(-c3ccc(F)cc3)c2C)n(C2CCS(=O)(=O)C2)n1. The van der Waals surface area contributed by atoms with E-state index in [0.717, 1.165) is 0 Å². The molecule has 1 unspecified atom stereocenters. The molecule has 1 aliphatic rings. The van der Waals surface area contributed by atoms with Crippen molar-refractivity contribution in [1.29, 1.82) is 0 Å². The van der Waals surface area contributed by atoms with Crippen LogP contribution in [0.5, 0.6) is 0 Å². The average molecular weight is 490 g/mol. The standard InChI is InChI=1S/C22H24FN5O5S/c1-13-10-19(28(25-13)18-8-9-34(31,32)12-18)24-20(29)11-33-22(30)21-14(2)26-27(15(21)3)17-6-4-16(23)5-7-17/h4-7,10,18H,8-9,11-12H2,1-3H3,(H,24,29). The van der Waals surface area contributed by atoms with Crippen molar-refractivity contribution in [2.45, 2.75) is 33.2 Å². The van der Waals surface area contributed by atoms with Crippen LogP contribution in [0.2, 0.25) is 0 Å². The van der Waals surface area contributed by atoms with Crippen LogP contribution in [-0.4, -0.2) is 58.0 Å². The highest BCUT2D eigenvalue weighted by Gasteiger charge is 2.31. The lowest BCUT2D eigenvalue weighted by Gasteiger charge is -2.14. The smallest absolute Gasteiger partial charge is 0.342 e.